The van der Waals surface area contributed by atoms with Gasteiger partial charge in [0.1, 0.15) is 11.6 Å². The van der Waals surface area contributed by atoms with E-state index in [2.05, 4.69) is 4.98 Å². The number of ketones is 1. The van der Waals surface area contributed by atoms with Crippen LogP contribution in [0.3, 0.4) is 0 Å². The molecule has 1 rings (SSSR count). The number of pyridine rings is 1. The van der Waals surface area contributed by atoms with Crippen LogP contribution in [0.25, 0.3) is 0 Å². The summed E-state index contributed by atoms with van der Waals surface area (Å²) in [6, 6.07) is 1.77. The Balaban J connectivity index is 3.13. The molecule has 0 atom stereocenters. The van der Waals surface area contributed by atoms with E-state index in [1.54, 1.807) is 13.0 Å². The first-order chi connectivity index (χ1) is 6.83. The van der Waals surface area contributed by atoms with Crippen molar-refractivity contribution in [1.82, 2.24) is 4.98 Å². The number of aromatic nitrogens is 1. The number of Topliss-reactive ketones (excluding diaryl/α,β-unsaturated/α-hetero) is 1. The molecule has 0 unspecified atom stereocenters. The molecule has 0 radical (unpaired) electrons. The second kappa shape index (κ2) is 4.19. The normalized spacial score (nSPS) is 11.5. The van der Waals surface area contributed by atoms with Crippen LogP contribution in [0.5, 0.6) is 0 Å². The van der Waals surface area contributed by atoms with E-state index >= 15 is 0 Å². The highest BCUT2D eigenvalue weighted by Gasteiger charge is 2.25. The van der Waals surface area contributed by atoms with E-state index in [1.807, 2.05) is 13.8 Å². The molecule has 82 valence electrons. The Labute approximate surface area is 94.6 Å². The Kier molecular flexibility index (Phi) is 3.35. The van der Waals surface area contributed by atoms with Crippen LogP contribution in [-0.4, -0.2) is 10.8 Å². The van der Waals surface area contributed by atoms with Crippen LogP contribution in [0.4, 0.5) is 5.82 Å². The summed E-state index contributed by atoms with van der Waals surface area (Å²) in [5, 5.41) is 0.538. The van der Waals surface area contributed by atoms with E-state index in [1.165, 1.54) is 6.20 Å². The average Bonchev–Trinajstić information content (AvgIpc) is 2.06. The Morgan fingerprint density at radius 3 is 2.73 bits per heavy atom. The number of rotatable bonds is 3. The third kappa shape index (κ3) is 2.93. The van der Waals surface area contributed by atoms with Gasteiger partial charge in [-0.3, -0.25) is 4.79 Å². The lowest BCUT2D eigenvalue weighted by Crippen LogP contribution is -2.22. The Bertz CT molecular complexity index is 388. The zero-order chi connectivity index (χ0) is 11.6. The smallest absolute Gasteiger partial charge is 0.130 e. The van der Waals surface area contributed by atoms with E-state index in [4.69, 9.17) is 17.3 Å². The van der Waals surface area contributed by atoms with Crippen molar-refractivity contribution in [3.63, 3.8) is 0 Å². The lowest BCUT2D eigenvalue weighted by atomic mass is 9.80. The van der Waals surface area contributed by atoms with Crippen LogP contribution in [0, 0.1) is 0 Å². The van der Waals surface area contributed by atoms with Crippen LogP contribution in [0.1, 0.15) is 32.8 Å². The number of nitrogen functional groups attached to an aromatic ring is 1. The van der Waals surface area contributed by atoms with E-state index in [9.17, 15) is 4.79 Å². The maximum absolute atomic E-state index is 11.1. The van der Waals surface area contributed by atoms with Crippen LogP contribution in [-0.2, 0) is 10.2 Å². The molecule has 0 amide bonds. The molecule has 1 aromatic rings. The Hall–Kier alpha value is -1.09. The molecular weight excluding hydrogens is 212 g/mol. The minimum absolute atomic E-state index is 0.124. The minimum Gasteiger partial charge on any atom is -0.383 e. The van der Waals surface area contributed by atoms with Gasteiger partial charge in [-0.2, -0.15) is 0 Å². The Morgan fingerprint density at radius 2 is 2.20 bits per heavy atom. The van der Waals surface area contributed by atoms with Crippen LogP contribution in [0.2, 0.25) is 5.02 Å². The summed E-state index contributed by atoms with van der Waals surface area (Å²) in [4.78, 5) is 15.1. The first kappa shape index (κ1) is 12.0. The second-order valence-electron chi connectivity index (χ2n) is 4.35. The standard InChI is InChI=1S/C11H15ClN2O/c1-7(15)5-11(2,3)9-4-8(12)6-14-10(9)13/h4,6H,5H2,1-3H3,(H2,13,14). The maximum atomic E-state index is 11.1. The van der Waals surface area contributed by atoms with Gasteiger partial charge in [0.15, 0.2) is 0 Å². The molecule has 2 N–H and O–H groups in total. The van der Waals surface area contributed by atoms with Gasteiger partial charge in [-0.05, 0) is 13.0 Å². The average molecular weight is 227 g/mol. The van der Waals surface area contributed by atoms with Crippen LogP contribution < -0.4 is 5.73 Å². The third-order valence-electron chi connectivity index (χ3n) is 2.31. The zero-order valence-electron chi connectivity index (χ0n) is 9.17. The first-order valence-corrected chi connectivity index (χ1v) is 5.11. The number of nitrogens with two attached hydrogens (primary N) is 1. The number of hydrogen-bond acceptors (Lipinski definition) is 3. The largest absolute Gasteiger partial charge is 0.383 e. The molecule has 15 heavy (non-hydrogen) atoms. The predicted octanol–water partition coefficient (Wildman–Crippen LogP) is 2.57. The summed E-state index contributed by atoms with van der Waals surface area (Å²) in [6.45, 7) is 5.48. The van der Waals surface area contributed by atoms with Gasteiger partial charge >= 0.3 is 0 Å². The van der Waals surface area contributed by atoms with Crippen molar-refractivity contribution in [3.8, 4) is 0 Å². The maximum Gasteiger partial charge on any atom is 0.130 e. The highest BCUT2D eigenvalue weighted by Crippen LogP contribution is 2.32. The highest BCUT2D eigenvalue weighted by molar-refractivity contribution is 6.30. The van der Waals surface area contributed by atoms with Crippen LogP contribution >= 0.6 is 11.6 Å². The van der Waals surface area contributed by atoms with E-state index < -0.39 is 0 Å². The quantitative estimate of drug-likeness (QED) is 0.862. The molecule has 0 saturated carbocycles. The van der Waals surface area contributed by atoms with Crippen molar-refractivity contribution in [2.24, 2.45) is 0 Å². The topological polar surface area (TPSA) is 56.0 Å². The fourth-order valence-corrected chi connectivity index (χ4v) is 1.87. The van der Waals surface area contributed by atoms with Crippen molar-refractivity contribution in [2.45, 2.75) is 32.6 Å². The SMILES string of the molecule is CC(=O)CC(C)(C)c1cc(Cl)cnc1N. The molecular formula is C11H15ClN2O. The molecule has 0 bridgehead atoms. The molecule has 0 aliphatic rings. The van der Waals surface area contributed by atoms with Gasteiger partial charge in [-0.1, -0.05) is 25.4 Å². The zero-order valence-corrected chi connectivity index (χ0v) is 9.93. The van der Waals surface area contributed by atoms with Gasteiger partial charge in [-0.25, -0.2) is 4.98 Å². The second-order valence-corrected chi connectivity index (χ2v) is 4.79. The first-order valence-electron chi connectivity index (χ1n) is 4.74. The van der Waals surface area contributed by atoms with Crippen molar-refractivity contribution >= 4 is 23.2 Å². The molecule has 0 aromatic carbocycles. The van der Waals surface area contributed by atoms with Gasteiger partial charge in [-0.15, -0.1) is 0 Å². The summed E-state index contributed by atoms with van der Waals surface area (Å²) in [6.07, 6.45) is 1.93. The van der Waals surface area contributed by atoms with E-state index in [0.29, 0.717) is 17.3 Å². The fourth-order valence-electron chi connectivity index (χ4n) is 1.71. The number of anilines is 1. The number of carbonyl (C=O) groups is 1. The van der Waals surface area contributed by atoms with Crippen molar-refractivity contribution in [3.05, 3.63) is 22.8 Å². The van der Waals surface area contributed by atoms with Gasteiger partial charge < -0.3 is 5.73 Å². The molecule has 0 fully saturated rings. The van der Waals surface area contributed by atoms with Gasteiger partial charge in [0.2, 0.25) is 0 Å². The van der Waals surface area contributed by atoms with Crippen molar-refractivity contribution in [2.75, 3.05) is 5.73 Å². The number of hydrogen-bond donors (Lipinski definition) is 1. The summed E-state index contributed by atoms with van der Waals surface area (Å²) < 4.78 is 0. The summed E-state index contributed by atoms with van der Waals surface area (Å²) in [7, 11) is 0. The van der Waals surface area contributed by atoms with Crippen molar-refractivity contribution < 1.29 is 4.79 Å². The Morgan fingerprint density at radius 1 is 1.60 bits per heavy atom. The van der Waals surface area contributed by atoms with Crippen molar-refractivity contribution in [1.29, 1.82) is 0 Å². The van der Waals surface area contributed by atoms with E-state index in [0.717, 1.165) is 5.56 Å². The highest BCUT2D eigenvalue weighted by atomic mass is 35.5. The molecule has 0 saturated heterocycles. The van der Waals surface area contributed by atoms with Gasteiger partial charge in [0.05, 0.1) is 5.02 Å². The molecule has 0 aliphatic carbocycles. The van der Waals surface area contributed by atoms with Gasteiger partial charge in [0.25, 0.3) is 0 Å². The lowest BCUT2D eigenvalue weighted by Gasteiger charge is -2.24. The monoisotopic (exact) mass is 226 g/mol. The van der Waals surface area contributed by atoms with Gasteiger partial charge in [0, 0.05) is 23.6 Å². The molecule has 0 spiro atoms. The third-order valence-corrected chi connectivity index (χ3v) is 2.51. The summed E-state index contributed by atoms with van der Waals surface area (Å²) in [5.41, 5.74) is 6.27. The van der Waals surface area contributed by atoms with E-state index in [-0.39, 0.29) is 11.2 Å². The molecule has 1 aromatic heterocycles. The molecule has 1 heterocycles. The molecule has 4 heteroatoms. The van der Waals surface area contributed by atoms with Crippen LogP contribution in [0.15, 0.2) is 12.3 Å². The summed E-state index contributed by atoms with van der Waals surface area (Å²) >= 11 is 5.86. The molecule has 3 nitrogen and oxygen atoms in total. The fraction of sp³-hybridized carbons (Fsp3) is 0.455. The summed E-state index contributed by atoms with van der Waals surface area (Å²) in [5.74, 6) is 0.560. The lowest BCUT2D eigenvalue weighted by molar-refractivity contribution is -0.118. The molecule has 0 aliphatic heterocycles. The number of halogens is 1. The number of nitrogens with zero attached hydrogens (tertiary/aromatic N) is 1. The predicted molar refractivity (Wildman–Crippen MR) is 62.0 cm³/mol. The minimum atomic E-state index is -0.326. The number of carbonyl (C=O) groups excluding carboxylic acids is 1.